The Morgan fingerprint density at radius 3 is 1.21 bits per heavy atom. The van der Waals surface area contributed by atoms with Gasteiger partial charge in [0.15, 0.2) is 0 Å². The number of fused-ring (bicyclic) bond motifs is 2. The van der Waals surface area contributed by atoms with Crippen LogP contribution in [-0.2, 0) is 20.2 Å². The van der Waals surface area contributed by atoms with E-state index in [1.54, 1.807) is 24.3 Å². The number of rotatable bonds is 7. The molecular weight excluding hydrogens is 661 g/mol. The summed E-state index contributed by atoms with van der Waals surface area (Å²) in [4.78, 5) is 25.2. The van der Waals surface area contributed by atoms with Gasteiger partial charge in [-0.05, 0) is 71.8 Å². The maximum absolute atomic E-state index is 13.0. The standard InChI is InChI=1S/C32H24N6O8S2/c33-23-11-15-27(47(41,42)43)21-9-13-25(31(39)29(21)23)37-35-19-5-1-17(2-6-19)18-3-7-20(8-4-18)36-38-26-14-10-22-28(48(44,45)46)16-12-24(34)30(22)32(26)40/h1-16,35-36H,33-34H2,(H,41,42,43)(H,44,45,46). The van der Waals surface area contributed by atoms with E-state index in [9.17, 15) is 35.5 Å². The fourth-order valence-electron chi connectivity index (χ4n) is 5.15. The topological polar surface area (TPSA) is 244 Å². The minimum atomic E-state index is -4.58. The first-order valence-corrected chi connectivity index (χ1v) is 16.7. The van der Waals surface area contributed by atoms with E-state index in [-0.39, 0.29) is 45.1 Å². The maximum atomic E-state index is 13.0. The quantitative estimate of drug-likeness (QED) is 0.0903. The van der Waals surface area contributed by atoms with Crippen molar-refractivity contribution in [3.05, 3.63) is 107 Å². The predicted octanol–water partition coefficient (Wildman–Crippen LogP) is 4.37. The predicted molar refractivity (Wildman–Crippen MR) is 182 cm³/mol. The number of nitrogen functional groups attached to an aromatic ring is 2. The molecule has 48 heavy (non-hydrogen) atoms. The summed E-state index contributed by atoms with van der Waals surface area (Å²) in [6.07, 6.45) is 5.36. The normalized spacial score (nSPS) is 15.8. The van der Waals surface area contributed by atoms with Gasteiger partial charge in [-0.25, -0.2) is 0 Å². The molecule has 0 saturated carbocycles. The van der Waals surface area contributed by atoms with Crippen molar-refractivity contribution < 1.29 is 35.5 Å². The molecule has 0 saturated heterocycles. The number of hydrogen-bond donors (Lipinski definition) is 6. The van der Waals surface area contributed by atoms with Gasteiger partial charge in [0.25, 0.3) is 20.2 Å². The third-order valence-electron chi connectivity index (χ3n) is 7.48. The summed E-state index contributed by atoms with van der Waals surface area (Å²) in [6.45, 7) is 0. The van der Waals surface area contributed by atoms with E-state index in [1.807, 2.05) is 24.3 Å². The van der Waals surface area contributed by atoms with Crippen LogP contribution in [0.4, 0.5) is 22.7 Å². The van der Waals surface area contributed by atoms with Crippen molar-refractivity contribution in [2.45, 2.75) is 9.79 Å². The van der Waals surface area contributed by atoms with Crippen LogP contribution in [0.1, 0.15) is 31.8 Å². The lowest BCUT2D eigenvalue weighted by molar-refractivity contribution is 0.105. The largest absolute Gasteiger partial charge is 0.398 e. The lowest BCUT2D eigenvalue weighted by Gasteiger charge is -2.16. The van der Waals surface area contributed by atoms with Gasteiger partial charge in [-0.2, -0.15) is 27.0 Å². The summed E-state index contributed by atoms with van der Waals surface area (Å²) < 4.78 is 65.9. The molecule has 4 aromatic rings. The van der Waals surface area contributed by atoms with Gasteiger partial charge in [-0.15, -0.1) is 0 Å². The third kappa shape index (κ3) is 6.10. The molecular formula is C32H24N6O8S2. The van der Waals surface area contributed by atoms with Crippen LogP contribution in [0.2, 0.25) is 0 Å². The Hall–Kier alpha value is -5.94. The van der Waals surface area contributed by atoms with Crippen molar-refractivity contribution in [3.8, 4) is 11.1 Å². The molecule has 0 spiro atoms. The van der Waals surface area contributed by atoms with E-state index in [1.165, 1.54) is 36.4 Å². The highest BCUT2D eigenvalue weighted by Gasteiger charge is 2.29. The SMILES string of the molecule is Nc1ccc(S(=O)(=O)O)c2c1C(=O)C(=NNc1ccc(-c3ccc(NN=C4C=Cc5c(S(=O)(=O)O)ccc(N)c5C4=O)cc3)cc1)C=C2. The minimum Gasteiger partial charge on any atom is -0.398 e. The fourth-order valence-corrected chi connectivity index (χ4v) is 6.53. The summed E-state index contributed by atoms with van der Waals surface area (Å²) in [7, 11) is -9.15. The first kappa shape index (κ1) is 32.0. The summed E-state index contributed by atoms with van der Waals surface area (Å²) >= 11 is 0. The molecule has 242 valence electrons. The monoisotopic (exact) mass is 684 g/mol. The molecule has 0 unspecified atom stereocenters. The Labute approximate surface area is 273 Å². The van der Waals surface area contributed by atoms with Gasteiger partial charge in [-0.3, -0.25) is 29.5 Å². The number of nitrogens with two attached hydrogens (primary N) is 2. The van der Waals surface area contributed by atoms with Crippen molar-refractivity contribution in [1.82, 2.24) is 0 Å². The van der Waals surface area contributed by atoms with Crippen molar-refractivity contribution in [2.24, 2.45) is 10.2 Å². The van der Waals surface area contributed by atoms with Crippen LogP contribution >= 0.6 is 0 Å². The Balaban J connectivity index is 1.13. The first-order chi connectivity index (χ1) is 22.7. The van der Waals surface area contributed by atoms with E-state index in [4.69, 9.17) is 11.5 Å². The molecule has 0 aromatic heterocycles. The number of anilines is 4. The van der Waals surface area contributed by atoms with Crippen molar-refractivity contribution in [1.29, 1.82) is 0 Å². The smallest absolute Gasteiger partial charge is 0.295 e. The fraction of sp³-hybridized carbons (Fsp3) is 0. The summed E-state index contributed by atoms with van der Waals surface area (Å²) in [5, 5.41) is 8.29. The molecule has 0 radical (unpaired) electrons. The Morgan fingerprint density at radius 2 is 0.875 bits per heavy atom. The second-order valence-corrected chi connectivity index (χ2v) is 13.3. The number of nitrogens with zero attached hydrogens (tertiary/aromatic N) is 2. The number of benzene rings is 4. The molecule has 0 amide bonds. The number of allylic oxidation sites excluding steroid dienone is 2. The van der Waals surface area contributed by atoms with E-state index in [2.05, 4.69) is 21.1 Å². The first-order valence-electron chi connectivity index (χ1n) is 13.9. The van der Waals surface area contributed by atoms with Gasteiger partial charge in [-0.1, -0.05) is 36.4 Å². The number of Topliss-reactive ketones (excluding diaryl/α,β-unsaturated/α-hetero) is 2. The van der Waals surface area contributed by atoms with Gasteiger partial charge >= 0.3 is 0 Å². The highest BCUT2D eigenvalue weighted by Crippen LogP contribution is 2.32. The molecule has 8 N–H and O–H groups in total. The summed E-state index contributed by atoms with van der Waals surface area (Å²) in [5.41, 5.74) is 20.2. The molecule has 0 heterocycles. The summed E-state index contributed by atoms with van der Waals surface area (Å²) in [5.74, 6) is -1.22. The Morgan fingerprint density at radius 1 is 0.521 bits per heavy atom. The molecule has 2 aliphatic rings. The molecule has 6 rings (SSSR count). The maximum Gasteiger partial charge on any atom is 0.295 e. The van der Waals surface area contributed by atoms with Crippen LogP contribution < -0.4 is 22.3 Å². The van der Waals surface area contributed by atoms with Crippen LogP contribution in [0.25, 0.3) is 23.3 Å². The highest BCUT2D eigenvalue weighted by molar-refractivity contribution is 7.86. The number of carbonyl (C=O) groups excluding carboxylic acids is 2. The van der Waals surface area contributed by atoms with Gasteiger partial charge in [0.1, 0.15) is 21.2 Å². The van der Waals surface area contributed by atoms with Crippen LogP contribution in [0.5, 0.6) is 0 Å². The number of hydrogen-bond acceptors (Lipinski definition) is 12. The molecule has 4 aromatic carbocycles. The van der Waals surface area contributed by atoms with E-state index >= 15 is 0 Å². The van der Waals surface area contributed by atoms with Gasteiger partial charge in [0.2, 0.25) is 11.6 Å². The zero-order valence-corrected chi connectivity index (χ0v) is 26.1. The highest BCUT2D eigenvalue weighted by atomic mass is 32.2. The van der Waals surface area contributed by atoms with Crippen LogP contribution in [-0.4, -0.2) is 48.9 Å². The lowest BCUT2D eigenvalue weighted by atomic mass is 9.93. The van der Waals surface area contributed by atoms with Crippen molar-refractivity contribution >= 4 is 78.1 Å². The van der Waals surface area contributed by atoms with E-state index in [0.29, 0.717) is 11.4 Å². The molecule has 14 nitrogen and oxygen atoms in total. The number of hydrazone groups is 2. The summed E-state index contributed by atoms with van der Waals surface area (Å²) in [6, 6.07) is 19.0. The third-order valence-corrected chi connectivity index (χ3v) is 9.30. The van der Waals surface area contributed by atoms with Crippen molar-refractivity contribution in [3.63, 3.8) is 0 Å². The minimum absolute atomic E-state index is 0.00779. The second-order valence-electron chi connectivity index (χ2n) is 10.5. The molecule has 16 heteroatoms. The lowest BCUT2D eigenvalue weighted by Crippen LogP contribution is -2.21. The average Bonchev–Trinajstić information content (AvgIpc) is 3.03. The van der Waals surface area contributed by atoms with Crippen LogP contribution in [0, 0.1) is 0 Å². The molecule has 0 bridgehead atoms. The molecule has 0 fully saturated rings. The van der Waals surface area contributed by atoms with Gasteiger partial charge in [0, 0.05) is 22.5 Å². The molecule has 0 aliphatic heterocycles. The zero-order chi connectivity index (χ0) is 34.4. The van der Waals surface area contributed by atoms with E-state index in [0.717, 1.165) is 23.3 Å². The zero-order valence-electron chi connectivity index (χ0n) is 24.4. The number of carbonyl (C=O) groups is 2. The average molecular weight is 685 g/mol. The Bertz CT molecular complexity index is 2210. The Kier molecular flexibility index (Phi) is 8.01. The van der Waals surface area contributed by atoms with Crippen molar-refractivity contribution in [2.75, 3.05) is 22.3 Å². The van der Waals surface area contributed by atoms with Crippen LogP contribution in [0.3, 0.4) is 0 Å². The molecule has 2 aliphatic carbocycles. The van der Waals surface area contributed by atoms with Gasteiger partial charge < -0.3 is 11.5 Å². The number of ketones is 2. The van der Waals surface area contributed by atoms with Crippen LogP contribution in [0.15, 0.2) is 105 Å². The van der Waals surface area contributed by atoms with E-state index < -0.39 is 41.6 Å². The number of nitrogens with one attached hydrogen (secondary N) is 2. The van der Waals surface area contributed by atoms with Gasteiger partial charge in [0.05, 0.1) is 22.5 Å². The second kappa shape index (κ2) is 12.0. The molecule has 0 atom stereocenters.